The van der Waals surface area contributed by atoms with Gasteiger partial charge in [-0.05, 0) is 43.3 Å². The standard InChI is InChI=1S/C21H23N3O3/c1-15(25)19(21(27)23-14-13-22)24-20(26)18-11-9-17(10-12-18)8-7-16-5-3-2-4-6-16/h2-6,9-12,15,19,25H,13-14,22H2,1H3,(H,23,27)(H,24,26). The van der Waals surface area contributed by atoms with E-state index in [1.807, 2.05) is 30.3 Å². The van der Waals surface area contributed by atoms with Crippen molar-refractivity contribution in [3.8, 4) is 11.8 Å². The summed E-state index contributed by atoms with van der Waals surface area (Å²) in [5, 5.41) is 14.9. The first-order valence-electron chi connectivity index (χ1n) is 8.65. The number of aliphatic hydroxyl groups excluding tert-OH is 1. The Hall–Kier alpha value is -3.14. The van der Waals surface area contributed by atoms with E-state index >= 15 is 0 Å². The number of aliphatic hydroxyl groups is 1. The third-order valence-electron chi connectivity index (χ3n) is 3.77. The number of hydrogen-bond acceptors (Lipinski definition) is 4. The molecule has 2 atom stereocenters. The van der Waals surface area contributed by atoms with Crippen molar-refractivity contribution in [3.63, 3.8) is 0 Å². The van der Waals surface area contributed by atoms with Gasteiger partial charge in [-0.3, -0.25) is 9.59 Å². The van der Waals surface area contributed by atoms with Gasteiger partial charge in [0.1, 0.15) is 6.04 Å². The molecule has 0 aliphatic rings. The minimum atomic E-state index is -1.05. The molecule has 0 aromatic heterocycles. The maximum Gasteiger partial charge on any atom is 0.252 e. The molecule has 140 valence electrons. The number of nitrogens with two attached hydrogens (primary N) is 1. The van der Waals surface area contributed by atoms with E-state index in [9.17, 15) is 14.7 Å². The van der Waals surface area contributed by atoms with Crippen LogP contribution in [0.5, 0.6) is 0 Å². The van der Waals surface area contributed by atoms with Gasteiger partial charge in [-0.1, -0.05) is 30.0 Å². The molecule has 2 aromatic carbocycles. The van der Waals surface area contributed by atoms with E-state index in [1.165, 1.54) is 6.92 Å². The predicted molar refractivity (Wildman–Crippen MR) is 104 cm³/mol. The average molecular weight is 365 g/mol. The summed E-state index contributed by atoms with van der Waals surface area (Å²) in [6, 6.07) is 15.3. The first kappa shape index (κ1) is 20.2. The van der Waals surface area contributed by atoms with Crippen LogP contribution in [0, 0.1) is 11.8 Å². The summed E-state index contributed by atoms with van der Waals surface area (Å²) in [6.45, 7) is 1.99. The molecule has 2 rings (SSSR count). The Kier molecular flexibility index (Phi) is 7.56. The lowest BCUT2D eigenvalue weighted by Gasteiger charge is -2.20. The number of hydrogen-bond donors (Lipinski definition) is 4. The Morgan fingerprint density at radius 2 is 1.63 bits per heavy atom. The Bertz CT molecular complexity index is 821. The van der Waals surface area contributed by atoms with E-state index in [-0.39, 0.29) is 13.1 Å². The van der Waals surface area contributed by atoms with Crippen LogP contribution in [0.1, 0.15) is 28.4 Å². The molecule has 0 spiro atoms. The van der Waals surface area contributed by atoms with Gasteiger partial charge in [-0.15, -0.1) is 0 Å². The lowest BCUT2D eigenvalue weighted by atomic mass is 10.1. The highest BCUT2D eigenvalue weighted by atomic mass is 16.3. The second-order valence-corrected chi connectivity index (χ2v) is 5.96. The monoisotopic (exact) mass is 365 g/mol. The molecule has 0 fully saturated rings. The van der Waals surface area contributed by atoms with Crippen LogP contribution in [0.15, 0.2) is 54.6 Å². The highest BCUT2D eigenvalue weighted by molar-refractivity contribution is 5.97. The molecule has 6 heteroatoms. The molecule has 27 heavy (non-hydrogen) atoms. The van der Waals surface area contributed by atoms with Gasteiger partial charge >= 0.3 is 0 Å². The van der Waals surface area contributed by atoms with Crippen molar-refractivity contribution >= 4 is 11.8 Å². The summed E-state index contributed by atoms with van der Waals surface area (Å²) in [6.07, 6.45) is -1.04. The molecule has 0 radical (unpaired) electrons. The zero-order valence-electron chi connectivity index (χ0n) is 15.1. The van der Waals surface area contributed by atoms with Crippen molar-refractivity contribution in [2.45, 2.75) is 19.1 Å². The zero-order chi connectivity index (χ0) is 19.6. The second-order valence-electron chi connectivity index (χ2n) is 5.96. The van der Waals surface area contributed by atoms with Crippen LogP contribution in [0.25, 0.3) is 0 Å². The van der Waals surface area contributed by atoms with Crippen molar-refractivity contribution in [2.75, 3.05) is 13.1 Å². The normalized spacial score (nSPS) is 12.3. The van der Waals surface area contributed by atoms with Crippen molar-refractivity contribution in [2.24, 2.45) is 5.73 Å². The van der Waals surface area contributed by atoms with E-state index < -0.39 is 24.0 Å². The first-order valence-corrected chi connectivity index (χ1v) is 8.65. The quantitative estimate of drug-likeness (QED) is 0.564. The van der Waals surface area contributed by atoms with Crippen molar-refractivity contribution in [3.05, 3.63) is 71.3 Å². The third-order valence-corrected chi connectivity index (χ3v) is 3.77. The number of rotatable bonds is 6. The van der Waals surface area contributed by atoms with Crippen LogP contribution >= 0.6 is 0 Å². The Labute approximate surface area is 158 Å². The van der Waals surface area contributed by atoms with Gasteiger partial charge in [0.15, 0.2) is 0 Å². The molecule has 0 aliphatic heterocycles. The molecule has 0 bridgehead atoms. The van der Waals surface area contributed by atoms with Crippen LogP contribution in [-0.4, -0.2) is 42.2 Å². The largest absolute Gasteiger partial charge is 0.391 e. The van der Waals surface area contributed by atoms with E-state index in [0.717, 1.165) is 11.1 Å². The first-order chi connectivity index (χ1) is 13.0. The molecule has 2 unspecified atom stereocenters. The maximum atomic E-state index is 12.4. The SMILES string of the molecule is CC(O)C(NC(=O)c1ccc(C#Cc2ccccc2)cc1)C(=O)NCCN. The molecular formula is C21H23N3O3. The summed E-state index contributed by atoms with van der Waals surface area (Å²) in [7, 11) is 0. The summed E-state index contributed by atoms with van der Waals surface area (Å²) in [5.74, 6) is 5.14. The fraction of sp³-hybridized carbons (Fsp3) is 0.238. The molecule has 0 saturated heterocycles. The van der Waals surface area contributed by atoms with Crippen molar-refractivity contribution in [1.82, 2.24) is 10.6 Å². The molecule has 5 N–H and O–H groups in total. The number of carbonyl (C=O) groups is 2. The van der Waals surface area contributed by atoms with Gasteiger partial charge < -0.3 is 21.5 Å². The Morgan fingerprint density at radius 3 is 2.19 bits per heavy atom. The molecule has 2 amide bonds. The highest BCUT2D eigenvalue weighted by Gasteiger charge is 2.25. The summed E-state index contributed by atoms with van der Waals surface area (Å²) < 4.78 is 0. The summed E-state index contributed by atoms with van der Waals surface area (Å²) in [4.78, 5) is 24.4. The van der Waals surface area contributed by atoms with Gasteiger partial charge in [0.2, 0.25) is 5.91 Å². The van der Waals surface area contributed by atoms with Crippen molar-refractivity contribution < 1.29 is 14.7 Å². The number of benzene rings is 2. The average Bonchev–Trinajstić information content (AvgIpc) is 2.69. The maximum absolute atomic E-state index is 12.4. The van der Waals surface area contributed by atoms with Crippen LogP contribution < -0.4 is 16.4 Å². The van der Waals surface area contributed by atoms with Crippen LogP contribution in [-0.2, 0) is 4.79 Å². The molecule has 0 saturated carbocycles. The minimum absolute atomic E-state index is 0.271. The van der Waals surface area contributed by atoms with E-state index in [2.05, 4.69) is 22.5 Å². The van der Waals surface area contributed by atoms with Gasteiger partial charge in [0, 0.05) is 29.8 Å². The second kappa shape index (κ2) is 10.1. The molecule has 0 heterocycles. The Balaban J connectivity index is 2.04. The topological polar surface area (TPSA) is 104 Å². The zero-order valence-corrected chi connectivity index (χ0v) is 15.1. The fourth-order valence-corrected chi connectivity index (χ4v) is 2.31. The van der Waals surface area contributed by atoms with Crippen LogP contribution in [0.3, 0.4) is 0 Å². The highest BCUT2D eigenvalue weighted by Crippen LogP contribution is 2.06. The molecule has 6 nitrogen and oxygen atoms in total. The lowest BCUT2D eigenvalue weighted by molar-refractivity contribution is -0.125. The van der Waals surface area contributed by atoms with E-state index in [1.54, 1.807) is 24.3 Å². The molecule has 2 aromatic rings. The molecular weight excluding hydrogens is 342 g/mol. The predicted octanol–water partition coefficient (Wildman–Crippen LogP) is 0.640. The molecule has 0 aliphatic carbocycles. The van der Waals surface area contributed by atoms with Crippen LogP contribution in [0.4, 0.5) is 0 Å². The fourth-order valence-electron chi connectivity index (χ4n) is 2.31. The smallest absolute Gasteiger partial charge is 0.252 e. The van der Waals surface area contributed by atoms with E-state index in [4.69, 9.17) is 5.73 Å². The summed E-state index contributed by atoms with van der Waals surface area (Å²) >= 11 is 0. The van der Waals surface area contributed by atoms with Crippen molar-refractivity contribution in [1.29, 1.82) is 0 Å². The summed E-state index contributed by atoms with van der Waals surface area (Å²) in [5.41, 5.74) is 7.39. The number of amides is 2. The number of nitrogens with one attached hydrogen (secondary N) is 2. The third kappa shape index (κ3) is 6.26. The van der Waals surface area contributed by atoms with Gasteiger partial charge in [-0.2, -0.15) is 0 Å². The van der Waals surface area contributed by atoms with Crippen LogP contribution in [0.2, 0.25) is 0 Å². The van der Waals surface area contributed by atoms with Gasteiger partial charge in [0.25, 0.3) is 5.91 Å². The van der Waals surface area contributed by atoms with E-state index in [0.29, 0.717) is 5.56 Å². The minimum Gasteiger partial charge on any atom is -0.391 e. The van der Waals surface area contributed by atoms with Gasteiger partial charge in [0.05, 0.1) is 6.10 Å². The number of carbonyl (C=O) groups excluding carboxylic acids is 2. The van der Waals surface area contributed by atoms with Gasteiger partial charge in [-0.25, -0.2) is 0 Å². The lowest BCUT2D eigenvalue weighted by Crippen LogP contribution is -2.53. The Morgan fingerprint density at radius 1 is 1.04 bits per heavy atom.